The van der Waals surface area contributed by atoms with Gasteiger partial charge in [-0.2, -0.15) is 0 Å². The third-order valence-electron chi connectivity index (χ3n) is 7.03. The Kier molecular flexibility index (Phi) is 6.74. The number of carbonyl (C=O) groups excluding carboxylic acids is 1. The predicted molar refractivity (Wildman–Crippen MR) is 132 cm³/mol. The van der Waals surface area contributed by atoms with Crippen molar-refractivity contribution >= 4 is 27.4 Å². The van der Waals surface area contributed by atoms with Gasteiger partial charge in [-0.15, -0.1) is 13.2 Å². The summed E-state index contributed by atoms with van der Waals surface area (Å²) in [5, 5.41) is 3.59. The Morgan fingerprint density at radius 2 is 1.68 bits per heavy atom. The molecule has 0 bridgehead atoms. The largest absolute Gasteiger partial charge is 0.573 e. The molecule has 2 aliphatic heterocycles. The molecular weight excluding hydrogens is 559 g/mol. The summed E-state index contributed by atoms with van der Waals surface area (Å²) in [6, 6.07) is 14.6. The van der Waals surface area contributed by atoms with Gasteiger partial charge in [0.1, 0.15) is 5.75 Å². The van der Waals surface area contributed by atoms with E-state index in [4.69, 9.17) is 0 Å². The SMILES string of the molecule is O=C1c2ccc(Br)cc2NC2(CCN(Cc3ccc(F)c(F)c3)CC2)C1c1ccc(OC(F)(F)F)cc1. The number of fused-ring (bicyclic) bond motifs is 1. The number of piperidine rings is 1. The molecule has 3 aromatic rings. The van der Waals surface area contributed by atoms with E-state index in [1.807, 2.05) is 6.07 Å². The van der Waals surface area contributed by atoms with Gasteiger partial charge in [-0.3, -0.25) is 9.69 Å². The summed E-state index contributed by atoms with van der Waals surface area (Å²) >= 11 is 3.45. The van der Waals surface area contributed by atoms with Crippen LogP contribution in [0.25, 0.3) is 0 Å². The highest BCUT2D eigenvalue weighted by atomic mass is 79.9. The second kappa shape index (κ2) is 9.72. The van der Waals surface area contributed by atoms with Crippen LogP contribution in [0.1, 0.15) is 40.2 Å². The molecule has 1 spiro atoms. The Bertz CT molecular complexity index is 1320. The highest BCUT2D eigenvalue weighted by Gasteiger charge is 2.49. The molecule has 37 heavy (non-hydrogen) atoms. The van der Waals surface area contributed by atoms with Crippen LogP contribution in [0.15, 0.2) is 65.1 Å². The number of nitrogens with one attached hydrogen (secondary N) is 1. The minimum absolute atomic E-state index is 0.111. The second-order valence-corrected chi connectivity index (χ2v) is 10.3. The van der Waals surface area contributed by atoms with Crippen LogP contribution in [0, 0.1) is 11.6 Å². The van der Waals surface area contributed by atoms with Crippen molar-refractivity contribution < 1.29 is 31.5 Å². The van der Waals surface area contributed by atoms with Gasteiger partial charge in [0.15, 0.2) is 17.4 Å². The first kappa shape index (κ1) is 25.7. The molecule has 0 radical (unpaired) electrons. The highest BCUT2D eigenvalue weighted by molar-refractivity contribution is 9.10. The van der Waals surface area contributed by atoms with Crippen LogP contribution in [0.2, 0.25) is 0 Å². The Hall–Kier alpha value is -2.98. The van der Waals surface area contributed by atoms with Gasteiger partial charge < -0.3 is 10.1 Å². The van der Waals surface area contributed by atoms with Crippen molar-refractivity contribution in [1.82, 2.24) is 4.90 Å². The summed E-state index contributed by atoms with van der Waals surface area (Å²) < 4.78 is 69.7. The van der Waals surface area contributed by atoms with Gasteiger partial charge in [0.05, 0.1) is 11.5 Å². The number of hydrogen-bond donors (Lipinski definition) is 1. The molecule has 4 nitrogen and oxygen atoms in total. The fourth-order valence-corrected chi connectivity index (χ4v) is 5.70. The van der Waals surface area contributed by atoms with E-state index < -0.39 is 29.5 Å². The molecule has 1 atom stereocenters. The average molecular weight is 581 g/mol. The van der Waals surface area contributed by atoms with E-state index in [0.29, 0.717) is 54.9 Å². The number of anilines is 1. The summed E-state index contributed by atoms with van der Waals surface area (Å²) in [5.74, 6) is -2.89. The van der Waals surface area contributed by atoms with Gasteiger partial charge in [0.25, 0.3) is 0 Å². The zero-order chi connectivity index (χ0) is 26.4. The molecule has 1 N–H and O–H groups in total. The molecular formula is C27H22BrF5N2O2. The lowest BCUT2D eigenvalue weighted by atomic mass is 9.67. The smallest absolute Gasteiger partial charge is 0.406 e. The molecule has 1 saturated heterocycles. The lowest BCUT2D eigenvalue weighted by molar-refractivity contribution is -0.274. The Morgan fingerprint density at radius 1 is 0.973 bits per heavy atom. The van der Waals surface area contributed by atoms with Crippen LogP contribution in [0.4, 0.5) is 27.6 Å². The first-order chi connectivity index (χ1) is 17.5. The topological polar surface area (TPSA) is 41.6 Å². The van der Waals surface area contributed by atoms with Crippen LogP contribution in [-0.2, 0) is 6.54 Å². The van der Waals surface area contributed by atoms with E-state index in [1.54, 1.807) is 18.2 Å². The highest BCUT2D eigenvalue weighted by Crippen LogP contribution is 2.47. The van der Waals surface area contributed by atoms with E-state index in [0.717, 1.165) is 10.5 Å². The average Bonchev–Trinajstić information content (AvgIpc) is 2.83. The van der Waals surface area contributed by atoms with Crippen LogP contribution in [-0.4, -0.2) is 35.7 Å². The van der Waals surface area contributed by atoms with Crippen molar-refractivity contribution in [3.8, 4) is 5.75 Å². The Balaban J connectivity index is 1.43. The number of ketones is 1. The van der Waals surface area contributed by atoms with Crippen molar-refractivity contribution in [3.63, 3.8) is 0 Å². The van der Waals surface area contributed by atoms with Crippen molar-refractivity contribution in [2.45, 2.75) is 37.2 Å². The zero-order valence-electron chi connectivity index (χ0n) is 19.4. The number of halogens is 6. The number of likely N-dealkylation sites (tertiary alicyclic amines) is 1. The number of rotatable bonds is 4. The van der Waals surface area contributed by atoms with E-state index in [9.17, 15) is 26.7 Å². The molecule has 5 rings (SSSR count). The van der Waals surface area contributed by atoms with Gasteiger partial charge in [-0.25, -0.2) is 8.78 Å². The third kappa shape index (κ3) is 5.36. The Labute approximate surface area is 218 Å². The van der Waals surface area contributed by atoms with Crippen molar-refractivity contribution in [2.75, 3.05) is 18.4 Å². The monoisotopic (exact) mass is 580 g/mol. The first-order valence-corrected chi connectivity index (χ1v) is 12.5. The number of Topliss-reactive ketones (excluding diaryl/α,β-unsaturated/α-hetero) is 1. The van der Waals surface area contributed by atoms with Gasteiger partial charge in [-0.05, 0) is 66.4 Å². The quantitative estimate of drug-likeness (QED) is 0.336. The van der Waals surface area contributed by atoms with Crippen LogP contribution in [0.3, 0.4) is 0 Å². The standard InChI is InChI=1S/C27H22BrF5N2O2/c28-18-4-7-20-23(14-18)34-26(9-11-35(12-10-26)15-16-1-8-21(29)22(30)13-16)24(25(20)36)17-2-5-19(6-3-17)37-27(31,32)33/h1-8,13-14,24,34H,9-12,15H2. The number of alkyl halides is 3. The molecule has 0 aromatic heterocycles. The fraction of sp³-hybridized carbons (Fsp3) is 0.296. The van der Waals surface area contributed by atoms with Crippen LogP contribution >= 0.6 is 15.9 Å². The first-order valence-electron chi connectivity index (χ1n) is 11.7. The Morgan fingerprint density at radius 3 is 2.32 bits per heavy atom. The number of ether oxygens (including phenoxy) is 1. The normalized spacial score (nSPS) is 19.4. The maximum Gasteiger partial charge on any atom is 0.573 e. The molecule has 0 saturated carbocycles. The minimum atomic E-state index is -4.81. The van der Waals surface area contributed by atoms with Gasteiger partial charge in [0, 0.05) is 35.4 Å². The number of benzene rings is 3. The van der Waals surface area contributed by atoms with E-state index in [1.165, 1.54) is 30.3 Å². The van der Waals surface area contributed by atoms with Gasteiger partial charge >= 0.3 is 6.36 Å². The maximum atomic E-state index is 13.8. The number of carbonyl (C=O) groups is 1. The third-order valence-corrected chi connectivity index (χ3v) is 7.52. The summed E-state index contributed by atoms with van der Waals surface area (Å²) in [4.78, 5) is 15.9. The van der Waals surface area contributed by atoms with Crippen molar-refractivity contribution in [1.29, 1.82) is 0 Å². The molecule has 194 valence electrons. The fourth-order valence-electron chi connectivity index (χ4n) is 5.33. The summed E-state index contributed by atoms with van der Waals surface area (Å²) in [6.07, 6.45) is -3.70. The second-order valence-electron chi connectivity index (χ2n) is 9.41. The van der Waals surface area contributed by atoms with E-state index >= 15 is 0 Å². The van der Waals surface area contributed by atoms with Gasteiger partial charge in [-0.1, -0.05) is 34.1 Å². The predicted octanol–water partition coefficient (Wildman–Crippen LogP) is 7.05. The maximum absolute atomic E-state index is 13.8. The van der Waals surface area contributed by atoms with Crippen molar-refractivity contribution in [3.05, 3.63) is 93.5 Å². The van der Waals surface area contributed by atoms with E-state index in [2.05, 4.69) is 30.9 Å². The minimum Gasteiger partial charge on any atom is -0.406 e. The van der Waals surface area contributed by atoms with Gasteiger partial charge in [0.2, 0.25) is 0 Å². The summed E-state index contributed by atoms with van der Waals surface area (Å²) in [6.45, 7) is 1.58. The molecule has 10 heteroatoms. The van der Waals surface area contributed by atoms with Crippen LogP contribution in [0.5, 0.6) is 5.75 Å². The molecule has 0 aliphatic carbocycles. The molecule has 3 aromatic carbocycles. The molecule has 2 aliphatic rings. The van der Waals surface area contributed by atoms with E-state index in [-0.39, 0.29) is 11.5 Å². The lowest BCUT2D eigenvalue weighted by Crippen LogP contribution is -2.56. The molecule has 1 fully saturated rings. The summed E-state index contributed by atoms with van der Waals surface area (Å²) in [7, 11) is 0. The molecule has 1 unspecified atom stereocenters. The number of hydrogen-bond acceptors (Lipinski definition) is 4. The molecule has 0 amide bonds. The zero-order valence-corrected chi connectivity index (χ0v) is 21.0. The lowest BCUT2D eigenvalue weighted by Gasteiger charge is -2.50. The van der Waals surface area contributed by atoms with Crippen LogP contribution < -0.4 is 10.1 Å². The molecule has 2 heterocycles. The van der Waals surface area contributed by atoms with Crippen molar-refractivity contribution in [2.24, 2.45) is 0 Å². The summed E-state index contributed by atoms with van der Waals surface area (Å²) in [5.41, 5.74) is 1.77. The number of nitrogens with zero attached hydrogens (tertiary/aromatic N) is 1.